The molecule has 1 aromatic carbocycles. The van der Waals surface area contributed by atoms with Crippen LogP contribution in [0.4, 0.5) is 14.9 Å². The van der Waals surface area contributed by atoms with Gasteiger partial charge in [0.15, 0.2) is 0 Å². The van der Waals surface area contributed by atoms with Crippen LogP contribution < -0.4 is 10.6 Å². The molecule has 3 N–H and O–H groups in total. The molecule has 0 radical (unpaired) electrons. The first kappa shape index (κ1) is 15.9. The zero-order chi connectivity index (χ0) is 16.3. The second-order valence-corrected chi connectivity index (χ2v) is 5.04. The third-order valence-electron chi connectivity index (χ3n) is 3.52. The number of hydrogen-bond acceptors (Lipinski definition) is 4. The molecule has 7 nitrogen and oxygen atoms in total. The van der Waals surface area contributed by atoms with E-state index in [0.717, 1.165) is 6.07 Å². The smallest absolute Gasteiger partial charge is 0.405 e. The molecule has 22 heavy (non-hydrogen) atoms. The van der Waals surface area contributed by atoms with E-state index in [1.165, 1.54) is 19.1 Å². The Balaban J connectivity index is 2.54. The summed E-state index contributed by atoms with van der Waals surface area (Å²) in [6.07, 6.45) is -0.866. The molecule has 0 unspecified atom stereocenters. The van der Waals surface area contributed by atoms with Crippen molar-refractivity contribution in [1.82, 2.24) is 5.32 Å². The first-order valence-electron chi connectivity index (χ1n) is 6.51. The molecular weight excluding hydrogens is 295 g/mol. The summed E-state index contributed by atoms with van der Waals surface area (Å²) >= 11 is 0. The molecule has 1 aliphatic heterocycles. The molecule has 2 atom stereocenters. The van der Waals surface area contributed by atoms with Crippen LogP contribution in [-0.2, 0) is 19.9 Å². The van der Waals surface area contributed by atoms with Crippen molar-refractivity contribution >= 4 is 24.0 Å². The number of benzene rings is 1. The number of anilines is 1. The van der Waals surface area contributed by atoms with Gasteiger partial charge in [0.2, 0.25) is 5.91 Å². The lowest BCUT2D eigenvalue weighted by atomic mass is 9.80. The summed E-state index contributed by atoms with van der Waals surface area (Å²) in [6.45, 7) is 1.10. The first-order chi connectivity index (χ1) is 10.4. The summed E-state index contributed by atoms with van der Waals surface area (Å²) < 4.78 is 19.4. The van der Waals surface area contributed by atoms with Gasteiger partial charge in [-0.15, -0.1) is 0 Å². The van der Waals surface area contributed by atoms with Gasteiger partial charge in [0.25, 0.3) is 0 Å². The third kappa shape index (κ3) is 2.91. The van der Waals surface area contributed by atoms with Crippen LogP contribution >= 0.6 is 0 Å². The zero-order valence-electron chi connectivity index (χ0n) is 11.8. The van der Waals surface area contributed by atoms with Gasteiger partial charge in [-0.2, -0.15) is 0 Å². The Morgan fingerprint density at radius 2 is 2.23 bits per heavy atom. The lowest BCUT2D eigenvalue weighted by Crippen LogP contribution is -2.51. The molecule has 0 bridgehead atoms. The van der Waals surface area contributed by atoms with Crippen molar-refractivity contribution in [1.29, 1.82) is 0 Å². The maximum Gasteiger partial charge on any atom is 0.405 e. The molecule has 1 aromatic rings. The van der Waals surface area contributed by atoms with E-state index in [1.54, 1.807) is 0 Å². The topological polar surface area (TPSA) is 105 Å². The summed E-state index contributed by atoms with van der Waals surface area (Å²) in [4.78, 5) is 33.5. The maximum absolute atomic E-state index is 14.2. The Morgan fingerprint density at radius 3 is 2.82 bits per heavy atom. The molecular formula is C14H15FN2O5. The van der Waals surface area contributed by atoms with E-state index in [2.05, 4.69) is 10.6 Å². The number of carboxylic acid groups (broad SMARTS) is 1. The van der Waals surface area contributed by atoms with Crippen molar-refractivity contribution in [2.75, 3.05) is 18.5 Å². The Kier molecular flexibility index (Phi) is 4.41. The highest BCUT2D eigenvalue weighted by molar-refractivity contribution is 5.88. The monoisotopic (exact) mass is 310 g/mol. The number of halogens is 1. The van der Waals surface area contributed by atoms with E-state index in [4.69, 9.17) is 9.84 Å². The normalized spacial score (nSPS) is 23.8. The Bertz CT molecular complexity index is 621. The minimum Gasteiger partial charge on any atom is -0.465 e. The number of nitrogens with one attached hydrogen (secondary N) is 2. The summed E-state index contributed by atoms with van der Waals surface area (Å²) in [5.41, 5.74) is -1.27. The van der Waals surface area contributed by atoms with E-state index in [-0.39, 0.29) is 24.7 Å². The van der Waals surface area contributed by atoms with Gasteiger partial charge in [-0.05, 0) is 18.2 Å². The summed E-state index contributed by atoms with van der Waals surface area (Å²) in [6, 6.07) is 3.75. The molecule has 0 aliphatic carbocycles. The highest BCUT2D eigenvalue weighted by atomic mass is 19.1. The van der Waals surface area contributed by atoms with Crippen molar-refractivity contribution in [2.24, 2.45) is 5.92 Å². The number of carbonyl (C=O) groups is 3. The van der Waals surface area contributed by atoms with Crippen molar-refractivity contribution in [3.05, 3.63) is 29.6 Å². The zero-order valence-corrected chi connectivity index (χ0v) is 11.8. The fraction of sp³-hybridized carbons (Fsp3) is 0.357. The van der Waals surface area contributed by atoms with Crippen LogP contribution in [-0.4, -0.2) is 36.6 Å². The second-order valence-electron chi connectivity index (χ2n) is 5.04. The highest BCUT2D eigenvalue weighted by Crippen LogP contribution is 2.37. The van der Waals surface area contributed by atoms with Crippen molar-refractivity contribution in [2.45, 2.75) is 12.5 Å². The summed E-state index contributed by atoms with van der Waals surface area (Å²) in [5.74, 6) is -1.92. The molecule has 1 aliphatic rings. The quantitative estimate of drug-likeness (QED) is 0.722. The van der Waals surface area contributed by atoms with Gasteiger partial charge in [-0.3, -0.25) is 4.79 Å². The van der Waals surface area contributed by atoms with E-state index in [0.29, 0.717) is 12.0 Å². The molecule has 1 heterocycles. The number of rotatable bonds is 4. The van der Waals surface area contributed by atoms with Crippen molar-refractivity contribution in [3.63, 3.8) is 0 Å². The van der Waals surface area contributed by atoms with Gasteiger partial charge in [0, 0.05) is 18.2 Å². The second kappa shape index (κ2) is 6.10. The number of hydrogen-bond donors (Lipinski definition) is 3. The largest absolute Gasteiger partial charge is 0.465 e. The molecule has 1 saturated heterocycles. The molecule has 2 amide bonds. The van der Waals surface area contributed by atoms with E-state index in [1.807, 2.05) is 0 Å². The number of ether oxygens (including phenoxy) is 1. The minimum absolute atomic E-state index is 0.0203. The van der Waals surface area contributed by atoms with Crippen LogP contribution in [0.1, 0.15) is 12.5 Å². The first-order valence-corrected chi connectivity index (χ1v) is 6.51. The van der Waals surface area contributed by atoms with Crippen LogP contribution in [0.25, 0.3) is 0 Å². The molecule has 0 spiro atoms. The Hall–Kier alpha value is -2.48. The van der Waals surface area contributed by atoms with Crippen LogP contribution in [0, 0.1) is 11.7 Å². The van der Waals surface area contributed by atoms with Crippen molar-refractivity contribution in [3.8, 4) is 0 Å². The van der Waals surface area contributed by atoms with E-state index in [9.17, 15) is 18.8 Å². The fourth-order valence-electron chi connectivity index (χ4n) is 2.56. The van der Waals surface area contributed by atoms with Crippen LogP contribution in [0.5, 0.6) is 0 Å². The standard InChI is InChI=1S/C14H15FN2O5/c1-8(19)16-10-2-3-12(15)11(4-10)14(17-13(20)21)7-22-6-9(14)5-18/h2-5,9,17H,6-7H2,1H3,(H,16,19)(H,20,21)/t9-,14+/m1/s1. The predicted octanol–water partition coefficient (Wildman–Crippen LogP) is 1.09. The van der Waals surface area contributed by atoms with E-state index >= 15 is 0 Å². The molecule has 2 rings (SSSR count). The van der Waals surface area contributed by atoms with Gasteiger partial charge in [-0.25, -0.2) is 9.18 Å². The Labute approximate surface area is 125 Å². The average molecular weight is 310 g/mol. The predicted molar refractivity (Wildman–Crippen MR) is 73.9 cm³/mol. The van der Waals surface area contributed by atoms with Gasteiger partial charge in [0.05, 0.1) is 19.1 Å². The number of amides is 2. The van der Waals surface area contributed by atoms with Gasteiger partial charge in [0.1, 0.15) is 17.6 Å². The number of aldehydes is 1. The van der Waals surface area contributed by atoms with Gasteiger partial charge in [-0.1, -0.05) is 0 Å². The third-order valence-corrected chi connectivity index (χ3v) is 3.52. The highest BCUT2D eigenvalue weighted by Gasteiger charge is 2.48. The lowest BCUT2D eigenvalue weighted by Gasteiger charge is -2.32. The van der Waals surface area contributed by atoms with Crippen LogP contribution in [0.15, 0.2) is 18.2 Å². The average Bonchev–Trinajstić information content (AvgIpc) is 2.83. The lowest BCUT2D eigenvalue weighted by molar-refractivity contribution is -0.114. The fourth-order valence-corrected chi connectivity index (χ4v) is 2.56. The Morgan fingerprint density at radius 1 is 1.50 bits per heavy atom. The van der Waals surface area contributed by atoms with Gasteiger partial charge < -0.3 is 25.3 Å². The molecule has 8 heteroatoms. The molecule has 1 fully saturated rings. The molecule has 118 valence electrons. The molecule has 0 saturated carbocycles. The SMILES string of the molecule is CC(=O)Nc1ccc(F)c([C@]2(NC(=O)O)COC[C@H]2C=O)c1. The number of carbonyl (C=O) groups excluding carboxylic acids is 2. The van der Waals surface area contributed by atoms with Gasteiger partial charge >= 0.3 is 6.09 Å². The maximum atomic E-state index is 14.2. The minimum atomic E-state index is -1.52. The van der Waals surface area contributed by atoms with E-state index < -0.39 is 23.4 Å². The van der Waals surface area contributed by atoms with Crippen LogP contribution in [0.2, 0.25) is 0 Å². The van der Waals surface area contributed by atoms with Crippen molar-refractivity contribution < 1.29 is 28.6 Å². The summed E-state index contributed by atoms with van der Waals surface area (Å²) in [5, 5.41) is 13.7. The van der Waals surface area contributed by atoms with Crippen LogP contribution in [0.3, 0.4) is 0 Å². The molecule has 0 aromatic heterocycles. The summed E-state index contributed by atoms with van der Waals surface area (Å²) in [7, 11) is 0.